The zero-order valence-electron chi connectivity index (χ0n) is 12.7. The third-order valence-electron chi connectivity index (χ3n) is 3.40. The lowest BCUT2D eigenvalue weighted by molar-refractivity contribution is 0.0898. The van der Waals surface area contributed by atoms with Gasteiger partial charge in [0, 0.05) is 18.8 Å². The smallest absolute Gasteiger partial charge is 0.271 e. The van der Waals surface area contributed by atoms with Gasteiger partial charge in [-0.1, -0.05) is 12.1 Å². The van der Waals surface area contributed by atoms with E-state index < -0.39 is 6.10 Å². The lowest BCUT2D eigenvalue weighted by atomic mass is 10.3. The number of hydrogen-bond donors (Lipinski definition) is 3. The summed E-state index contributed by atoms with van der Waals surface area (Å²) in [7, 11) is 0. The second kappa shape index (κ2) is 7.24. The topological polar surface area (TPSA) is 100 Å². The van der Waals surface area contributed by atoms with E-state index in [0.717, 1.165) is 10.6 Å². The molecule has 0 aliphatic carbocycles. The number of aliphatic hydroxyl groups is 1. The SMILES string of the molecule is O=C(NCC(O)Cn1ccccc1=O)c1cc(-c2cccs2)[nH]n1. The Bertz CT molecular complexity index is 869. The van der Waals surface area contributed by atoms with Gasteiger partial charge in [0.15, 0.2) is 5.69 Å². The molecular formula is C16H16N4O3S. The van der Waals surface area contributed by atoms with Crippen LogP contribution in [-0.4, -0.2) is 38.4 Å². The van der Waals surface area contributed by atoms with Gasteiger partial charge in [0.2, 0.25) is 0 Å². The number of nitrogens with zero attached hydrogens (tertiary/aromatic N) is 2. The summed E-state index contributed by atoms with van der Waals surface area (Å²) < 4.78 is 1.39. The molecule has 0 aromatic carbocycles. The monoisotopic (exact) mass is 344 g/mol. The number of H-pyrrole nitrogens is 1. The van der Waals surface area contributed by atoms with E-state index in [4.69, 9.17) is 0 Å². The normalized spacial score (nSPS) is 12.0. The van der Waals surface area contributed by atoms with Crippen molar-refractivity contribution in [3.05, 3.63) is 64.0 Å². The quantitative estimate of drug-likeness (QED) is 0.623. The molecule has 7 nitrogen and oxygen atoms in total. The number of carbonyl (C=O) groups excluding carboxylic acids is 1. The van der Waals surface area contributed by atoms with Crippen LogP contribution in [0.2, 0.25) is 0 Å². The molecule has 124 valence electrons. The Balaban J connectivity index is 1.55. The summed E-state index contributed by atoms with van der Waals surface area (Å²) in [5, 5.41) is 21.3. The zero-order valence-corrected chi connectivity index (χ0v) is 13.5. The van der Waals surface area contributed by atoms with Crippen molar-refractivity contribution in [1.82, 2.24) is 20.1 Å². The van der Waals surface area contributed by atoms with E-state index in [1.807, 2.05) is 17.5 Å². The van der Waals surface area contributed by atoms with Crippen LogP contribution >= 0.6 is 11.3 Å². The first-order chi connectivity index (χ1) is 11.6. The number of aromatic nitrogens is 3. The van der Waals surface area contributed by atoms with Gasteiger partial charge < -0.3 is 15.0 Å². The van der Waals surface area contributed by atoms with E-state index in [9.17, 15) is 14.7 Å². The summed E-state index contributed by atoms with van der Waals surface area (Å²) >= 11 is 1.55. The summed E-state index contributed by atoms with van der Waals surface area (Å²) in [5.74, 6) is -0.381. The number of aliphatic hydroxyl groups excluding tert-OH is 1. The fraction of sp³-hybridized carbons (Fsp3) is 0.188. The largest absolute Gasteiger partial charge is 0.389 e. The summed E-state index contributed by atoms with van der Waals surface area (Å²) in [6.07, 6.45) is 0.721. The minimum Gasteiger partial charge on any atom is -0.389 e. The average Bonchev–Trinajstić information content (AvgIpc) is 3.25. The van der Waals surface area contributed by atoms with Gasteiger partial charge in [-0.15, -0.1) is 11.3 Å². The summed E-state index contributed by atoms with van der Waals surface area (Å²) in [6, 6.07) is 10.3. The van der Waals surface area contributed by atoms with Crippen molar-refractivity contribution < 1.29 is 9.90 Å². The predicted octanol–water partition coefficient (Wildman–Crippen LogP) is 1.09. The van der Waals surface area contributed by atoms with Gasteiger partial charge in [0.25, 0.3) is 11.5 Å². The molecule has 1 unspecified atom stereocenters. The molecular weight excluding hydrogens is 328 g/mol. The van der Waals surface area contributed by atoms with Crippen molar-refractivity contribution in [3.8, 4) is 10.6 Å². The first-order valence-corrected chi connectivity index (χ1v) is 8.22. The number of hydrogen-bond acceptors (Lipinski definition) is 5. The Morgan fingerprint density at radius 1 is 1.38 bits per heavy atom. The number of amides is 1. The molecule has 1 amide bonds. The fourth-order valence-electron chi connectivity index (χ4n) is 2.20. The Kier molecular flexibility index (Phi) is 4.88. The Morgan fingerprint density at radius 3 is 3.00 bits per heavy atom. The van der Waals surface area contributed by atoms with Gasteiger partial charge in [-0.3, -0.25) is 14.7 Å². The predicted molar refractivity (Wildman–Crippen MR) is 90.9 cm³/mol. The molecule has 0 aliphatic heterocycles. The van der Waals surface area contributed by atoms with Crippen LogP contribution in [0.15, 0.2) is 52.8 Å². The molecule has 0 aliphatic rings. The van der Waals surface area contributed by atoms with E-state index >= 15 is 0 Å². The lowest BCUT2D eigenvalue weighted by Crippen LogP contribution is -2.36. The number of carbonyl (C=O) groups is 1. The standard InChI is InChI=1S/C16H16N4O3S/c21-11(10-20-6-2-1-5-15(20)22)9-17-16(23)13-8-12(18-19-13)14-4-3-7-24-14/h1-8,11,21H,9-10H2,(H,17,23)(H,18,19). The molecule has 24 heavy (non-hydrogen) atoms. The number of pyridine rings is 1. The Hall–Kier alpha value is -2.71. The molecule has 0 fully saturated rings. The molecule has 3 aromatic rings. The minimum absolute atomic E-state index is 0.0291. The molecule has 3 rings (SSSR count). The van der Waals surface area contributed by atoms with Crippen LogP contribution in [0.3, 0.4) is 0 Å². The van der Waals surface area contributed by atoms with Crippen LogP contribution in [0.1, 0.15) is 10.5 Å². The van der Waals surface area contributed by atoms with Crippen LogP contribution in [-0.2, 0) is 6.54 Å². The third-order valence-corrected chi connectivity index (χ3v) is 4.30. The molecule has 1 atom stereocenters. The lowest BCUT2D eigenvalue weighted by Gasteiger charge is -2.12. The number of aromatic amines is 1. The van der Waals surface area contributed by atoms with Gasteiger partial charge >= 0.3 is 0 Å². The van der Waals surface area contributed by atoms with Crippen molar-refractivity contribution in [2.24, 2.45) is 0 Å². The van der Waals surface area contributed by atoms with E-state index in [-0.39, 0.29) is 30.2 Å². The fourth-order valence-corrected chi connectivity index (χ4v) is 2.89. The highest BCUT2D eigenvalue weighted by atomic mass is 32.1. The first-order valence-electron chi connectivity index (χ1n) is 7.34. The highest BCUT2D eigenvalue weighted by molar-refractivity contribution is 7.13. The molecule has 0 saturated carbocycles. The molecule has 3 aromatic heterocycles. The van der Waals surface area contributed by atoms with Crippen LogP contribution in [0, 0.1) is 0 Å². The van der Waals surface area contributed by atoms with Gasteiger partial charge in [-0.25, -0.2) is 0 Å². The molecule has 0 bridgehead atoms. The first kappa shape index (κ1) is 16.2. The molecule has 0 spiro atoms. The van der Waals surface area contributed by atoms with Gasteiger partial charge in [-0.05, 0) is 23.6 Å². The summed E-state index contributed by atoms with van der Waals surface area (Å²) in [6.45, 7) is 0.141. The Morgan fingerprint density at radius 2 is 2.25 bits per heavy atom. The van der Waals surface area contributed by atoms with Crippen LogP contribution in [0.5, 0.6) is 0 Å². The van der Waals surface area contributed by atoms with E-state index in [0.29, 0.717) is 0 Å². The van der Waals surface area contributed by atoms with Crippen LogP contribution in [0.4, 0.5) is 0 Å². The highest BCUT2D eigenvalue weighted by Gasteiger charge is 2.14. The summed E-state index contributed by atoms with van der Waals surface area (Å²) in [5.41, 5.74) is 0.824. The van der Waals surface area contributed by atoms with E-state index in [1.165, 1.54) is 10.6 Å². The van der Waals surface area contributed by atoms with E-state index in [1.54, 1.807) is 35.7 Å². The third kappa shape index (κ3) is 3.79. The van der Waals surface area contributed by atoms with Crippen molar-refractivity contribution in [2.45, 2.75) is 12.6 Å². The number of rotatable bonds is 6. The average molecular weight is 344 g/mol. The maximum absolute atomic E-state index is 12.1. The highest BCUT2D eigenvalue weighted by Crippen LogP contribution is 2.22. The van der Waals surface area contributed by atoms with Crippen LogP contribution in [0.25, 0.3) is 10.6 Å². The molecule has 8 heteroatoms. The van der Waals surface area contributed by atoms with E-state index in [2.05, 4.69) is 15.5 Å². The van der Waals surface area contributed by atoms with Crippen molar-refractivity contribution in [3.63, 3.8) is 0 Å². The van der Waals surface area contributed by atoms with Crippen molar-refractivity contribution >= 4 is 17.2 Å². The Labute approximate surface area is 141 Å². The summed E-state index contributed by atoms with van der Waals surface area (Å²) in [4.78, 5) is 24.7. The van der Waals surface area contributed by atoms with Gasteiger partial charge in [0.05, 0.1) is 23.2 Å². The number of nitrogens with one attached hydrogen (secondary N) is 2. The van der Waals surface area contributed by atoms with Crippen molar-refractivity contribution in [2.75, 3.05) is 6.54 Å². The van der Waals surface area contributed by atoms with Crippen molar-refractivity contribution in [1.29, 1.82) is 0 Å². The second-order valence-corrected chi connectivity index (χ2v) is 6.15. The molecule has 0 saturated heterocycles. The van der Waals surface area contributed by atoms with Gasteiger partial charge in [0.1, 0.15) is 0 Å². The minimum atomic E-state index is -0.871. The number of thiophene rings is 1. The second-order valence-electron chi connectivity index (χ2n) is 5.20. The molecule has 3 N–H and O–H groups in total. The molecule has 0 radical (unpaired) electrons. The van der Waals surface area contributed by atoms with Gasteiger partial charge in [-0.2, -0.15) is 5.10 Å². The maximum Gasteiger partial charge on any atom is 0.271 e. The molecule has 3 heterocycles. The van der Waals surface area contributed by atoms with Crippen LogP contribution < -0.4 is 10.9 Å². The maximum atomic E-state index is 12.1. The zero-order chi connectivity index (χ0) is 16.9.